The Kier molecular flexibility index (Phi) is 8.33. The molecule has 0 bridgehead atoms. The first-order valence-electron chi connectivity index (χ1n) is 8.64. The van der Waals surface area contributed by atoms with E-state index in [1.54, 1.807) is 31.1 Å². The summed E-state index contributed by atoms with van der Waals surface area (Å²) in [6, 6.07) is 7.71. The fraction of sp³-hybridized carbons (Fsp3) is 0.263. The third-order valence-corrected chi connectivity index (χ3v) is 5.37. The number of amides is 1. The number of carbonyl (C=O) groups is 1. The van der Waals surface area contributed by atoms with Gasteiger partial charge in [-0.3, -0.25) is 14.8 Å². The Balaban J connectivity index is 0.00000150. The lowest BCUT2D eigenvalue weighted by Crippen LogP contribution is -2.48. The molecule has 1 N–H and O–H groups in total. The highest BCUT2D eigenvalue weighted by atomic mass is 35.5. The number of hydrogen-bond acceptors (Lipinski definition) is 7. The standard InChI is InChI=1S/C19H19N5O2S.2ClH/c1-26-17-5-3-2-4-13(17)16-11-21-8-9-24(16)19(25)15-12-27-18(23-15)14-10-20-6-7-22-14;;/h2-7,10,12,16,21H,8-9,11H2,1H3;2*1H. The van der Waals surface area contributed by atoms with Crippen molar-refractivity contribution in [2.75, 3.05) is 26.7 Å². The van der Waals surface area contributed by atoms with Crippen LogP contribution in [0.1, 0.15) is 22.1 Å². The number of halogens is 2. The second-order valence-electron chi connectivity index (χ2n) is 6.09. The Hall–Kier alpha value is -2.26. The van der Waals surface area contributed by atoms with Crippen LogP contribution in [0.15, 0.2) is 48.2 Å². The Bertz CT molecular complexity index is 941. The van der Waals surface area contributed by atoms with E-state index < -0.39 is 0 Å². The summed E-state index contributed by atoms with van der Waals surface area (Å²) in [5, 5.41) is 5.84. The van der Waals surface area contributed by atoms with Gasteiger partial charge in [0.2, 0.25) is 0 Å². The van der Waals surface area contributed by atoms with E-state index in [1.165, 1.54) is 11.3 Å². The van der Waals surface area contributed by atoms with Gasteiger partial charge in [0.05, 0.1) is 19.3 Å². The van der Waals surface area contributed by atoms with Crippen molar-refractivity contribution in [1.82, 2.24) is 25.2 Å². The molecule has 7 nitrogen and oxygen atoms in total. The van der Waals surface area contributed by atoms with E-state index in [2.05, 4.69) is 20.3 Å². The number of para-hydroxylation sites is 1. The van der Waals surface area contributed by atoms with Crippen LogP contribution in [-0.4, -0.2) is 52.5 Å². The van der Waals surface area contributed by atoms with Gasteiger partial charge in [0.25, 0.3) is 5.91 Å². The zero-order valence-corrected chi connectivity index (χ0v) is 18.1. The molecule has 10 heteroatoms. The van der Waals surface area contributed by atoms with Gasteiger partial charge >= 0.3 is 0 Å². The summed E-state index contributed by atoms with van der Waals surface area (Å²) in [7, 11) is 1.65. The average molecular weight is 454 g/mol. The Morgan fingerprint density at radius 3 is 2.86 bits per heavy atom. The van der Waals surface area contributed by atoms with Crippen molar-refractivity contribution in [2.24, 2.45) is 0 Å². The van der Waals surface area contributed by atoms with Gasteiger partial charge < -0.3 is 15.0 Å². The van der Waals surface area contributed by atoms with E-state index in [9.17, 15) is 4.79 Å². The quantitative estimate of drug-likeness (QED) is 0.652. The Morgan fingerprint density at radius 2 is 2.10 bits per heavy atom. The molecule has 0 aliphatic carbocycles. The zero-order chi connectivity index (χ0) is 18.6. The number of hydrogen-bond donors (Lipinski definition) is 1. The monoisotopic (exact) mass is 453 g/mol. The summed E-state index contributed by atoms with van der Waals surface area (Å²) in [5.41, 5.74) is 2.09. The lowest BCUT2D eigenvalue weighted by atomic mass is 10.0. The largest absolute Gasteiger partial charge is 0.496 e. The molecule has 29 heavy (non-hydrogen) atoms. The van der Waals surface area contributed by atoms with E-state index >= 15 is 0 Å². The molecular formula is C19H21Cl2N5O2S. The predicted molar refractivity (Wildman–Crippen MR) is 117 cm³/mol. The van der Waals surface area contributed by atoms with Crippen LogP contribution in [-0.2, 0) is 0 Å². The van der Waals surface area contributed by atoms with Crippen LogP contribution in [0.2, 0.25) is 0 Å². The molecule has 1 unspecified atom stereocenters. The van der Waals surface area contributed by atoms with Gasteiger partial charge in [0.15, 0.2) is 0 Å². The Morgan fingerprint density at radius 1 is 1.28 bits per heavy atom. The molecule has 0 radical (unpaired) electrons. The van der Waals surface area contributed by atoms with Gasteiger partial charge in [0.1, 0.15) is 22.1 Å². The average Bonchev–Trinajstić information content (AvgIpc) is 3.24. The maximum absolute atomic E-state index is 13.2. The molecule has 3 aromatic rings. The fourth-order valence-corrected chi connectivity index (χ4v) is 3.97. The van der Waals surface area contributed by atoms with Crippen LogP contribution in [0.25, 0.3) is 10.7 Å². The molecule has 1 aliphatic heterocycles. The smallest absolute Gasteiger partial charge is 0.273 e. The molecule has 1 atom stereocenters. The van der Waals surface area contributed by atoms with Crippen LogP contribution in [0.5, 0.6) is 5.75 Å². The summed E-state index contributed by atoms with van der Waals surface area (Å²) in [4.78, 5) is 27.9. The second kappa shape index (κ2) is 10.5. The van der Waals surface area contributed by atoms with Crippen LogP contribution < -0.4 is 10.1 Å². The molecule has 1 aromatic carbocycles. The number of piperazine rings is 1. The molecule has 1 fully saturated rings. The maximum Gasteiger partial charge on any atom is 0.273 e. The highest BCUT2D eigenvalue weighted by molar-refractivity contribution is 7.13. The van der Waals surface area contributed by atoms with Gasteiger partial charge in [-0.15, -0.1) is 36.2 Å². The molecule has 154 valence electrons. The van der Waals surface area contributed by atoms with Crippen LogP contribution in [0.3, 0.4) is 0 Å². The number of thiazole rings is 1. The number of carbonyl (C=O) groups excluding carboxylic acids is 1. The SMILES string of the molecule is COc1ccccc1C1CNCCN1C(=O)c1csc(-c2cnccn2)n1.Cl.Cl. The number of rotatable bonds is 4. The first-order valence-corrected chi connectivity index (χ1v) is 9.52. The first kappa shape index (κ1) is 23.0. The summed E-state index contributed by atoms with van der Waals surface area (Å²) in [6.07, 6.45) is 4.88. The lowest BCUT2D eigenvalue weighted by molar-refractivity contribution is 0.0626. The molecule has 1 aliphatic rings. The summed E-state index contributed by atoms with van der Waals surface area (Å²) in [5.74, 6) is 0.696. The van der Waals surface area contributed by atoms with Crippen molar-refractivity contribution in [3.8, 4) is 16.5 Å². The van der Waals surface area contributed by atoms with Crippen LogP contribution >= 0.6 is 36.2 Å². The third-order valence-electron chi connectivity index (χ3n) is 4.51. The van der Waals surface area contributed by atoms with Crippen LogP contribution in [0, 0.1) is 0 Å². The minimum Gasteiger partial charge on any atom is -0.496 e. The number of aromatic nitrogens is 3. The van der Waals surface area contributed by atoms with Gasteiger partial charge in [0, 0.05) is 43.0 Å². The number of methoxy groups -OCH3 is 1. The van der Waals surface area contributed by atoms with Crippen molar-refractivity contribution in [1.29, 1.82) is 0 Å². The molecule has 0 saturated carbocycles. The van der Waals surface area contributed by atoms with E-state index in [0.717, 1.165) is 17.9 Å². The van der Waals surface area contributed by atoms with Gasteiger partial charge in [-0.05, 0) is 6.07 Å². The molecule has 1 amide bonds. The highest BCUT2D eigenvalue weighted by Crippen LogP contribution is 2.31. The molecule has 3 heterocycles. The third kappa shape index (κ3) is 4.84. The molecule has 0 spiro atoms. The van der Waals surface area contributed by atoms with Crippen molar-refractivity contribution in [3.05, 3.63) is 59.5 Å². The summed E-state index contributed by atoms with van der Waals surface area (Å²) >= 11 is 1.40. The zero-order valence-electron chi connectivity index (χ0n) is 15.6. The minimum atomic E-state index is -0.107. The van der Waals surface area contributed by atoms with E-state index in [-0.39, 0.29) is 36.8 Å². The summed E-state index contributed by atoms with van der Waals surface area (Å²) in [6.45, 7) is 2.03. The molecule has 1 saturated heterocycles. The van der Waals surface area contributed by atoms with E-state index in [1.807, 2.05) is 29.2 Å². The van der Waals surface area contributed by atoms with E-state index in [4.69, 9.17) is 4.74 Å². The Labute approximate surface area is 185 Å². The van der Waals surface area contributed by atoms with Crippen LogP contribution in [0.4, 0.5) is 0 Å². The number of ether oxygens (including phenoxy) is 1. The summed E-state index contributed by atoms with van der Waals surface area (Å²) < 4.78 is 5.50. The predicted octanol–water partition coefficient (Wildman–Crippen LogP) is 3.24. The maximum atomic E-state index is 13.2. The topological polar surface area (TPSA) is 80.2 Å². The fourth-order valence-electron chi connectivity index (χ4n) is 3.21. The number of nitrogens with zero attached hydrogens (tertiary/aromatic N) is 4. The van der Waals surface area contributed by atoms with Gasteiger partial charge in [-0.25, -0.2) is 4.98 Å². The lowest BCUT2D eigenvalue weighted by Gasteiger charge is -2.36. The second-order valence-corrected chi connectivity index (χ2v) is 6.95. The molecular weight excluding hydrogens is 433 g/mol. The van der Waals surface area contributed by atoms with E-state index in [0.29, 0.717) is 29.5 Å². The number of benzene rings is 1. The first-order chi connectivity index (χ1) is 13.3. The van der Waals surface area contributed by atoms with Gasteiger partial charge in [-0.1, -0.05) is 18.2 Å². The normalized spacial score (nSPS) is 15.8. The molecule has 2 aromatic heterocycles. The van der Waals surface area contributed by atoms with Crippen molar-refractivity contribution in [3.63, 3.8) is 0 Å². The highest BCUT2D eigenvalue weighted by Gasteiger charge is 2.31. The minimum absolute atomic E-state index is 0. The van der Waals surface area contributed by atoms with Crippen molar-refractivity contribution in [2.45, 2.75) is 6.04 Å². The van der Waals surface area contributed by atoms with Crippen molar-refractivity contribution < 1.29 is 9.53 Å². The number of nitrogens with one attached hydrogen (secondary N) is 1. The van der Waals surface area contributed by atoms with Crippen molar-refractivity contribution >= 4 is 42.1 Å². The van der Waals surface area contributed by atoms with Gasteiger partial charge in [-0.2, -0.15) is 0 Å². The molecule has 4 rings (SSSR count).